The van der Waals surface area contributed by atoms with Gasteiger partial charge in [0.15, 0.2) is 0 Å². The number of aryl methyl sites for hydroxylation is 1. The number of ether oxygens (including phenoxy) is 1. The normalized spacial score (nSPS) is 23.6. The summed E-state index contributed by atoms with van der Waals surface area (Å²) >= 11 is 2.81. The first-order valence-electron chi connectivity index (χ1n) is 8.25. The summed E-state index contributed by atoms with van der Waals surface area (Å²) < 4.78 is 5.73. The Morgan fingerprint density at radius 3 is 2.54 bits per heavy atom. The number of esters is 1. The molecule has 0 aromatic carbocycles. The van der Waals surface area contributed by atoms with Crippen LogP contribution >= 0.6 is 22.7 Å². The zero-order valence-electron chi connectivity index (χ0n) is 14.0. The molecule has 130 valence electrons. The average Bonchev–Trinajstić information content (AvgIpc) is 3.26. The number of carbonyl (C=O) groups excluding carboxylic acids is 1. The molecule has 0 amide bonds. The molecule has 2 N–H and O–H groups in total. The highest BCUT2D eigenvalue weighted by molar-refractivity contribution is 7.13. The highest BCUT2D eigenvalue weighted by Gasteiger charge is 2.45. The van der Waals surface area contributed by atoms with Crippen LogP contribution < -0.4 is 5.32 Å². The summed E-state index contributed by atoms with van der Waals surface area (Å²) in [6.45, 7) is 1.97. The van der Waals surface area contributed by atoms with E-state index in [1.807, 2.05) is 37.6 Å². The smallest absolute Gasteiger partial charge is 0.349 e. The Hall–Kier alpha value is -1.21. The van der Waals surface area contributed by atoms with Gasteiger partial charge in [-0.15, -0.1) is 22.7 Å². The number of carbonyl (C=O) groups is 1. The molecule has 1 saturated carbocycles. The third-order valence-electron chi connectivity index (χ3n) is 4.63. The number of thiophene rings is 2. The number of hydrogen-bond donors (Lipinski definition) is 2. The second-order valence-electron chi connectivity index (χ2n) is 6.27. The fourth-order valence-electron chi connectivity index (χ4n) is 3.14. The molecule has 0 unspecified atom stereocenters. The van der Waals surface area contributed by atoms with Gasteiger partial charge in [0.2, 0.25) is 5.60 Å². The van der Waals surface area contributed by atoms with Crippen molar-refractivity contribution in [3.05, 3.63) is 44.3 Å². The molecule has 24 heavy (non-hydrogen) atoms. The minimum Gasteiger partial charge on any atom is -0.460 e. The van der Waals surface area contributed by atoms with Gasteiger partial charge in [-0.2, -0.15) is 0 Å². The summed E-state index contributed by atoms with van der Waals surface area (Å²) in [5.74, 6) is -0.556. The molecule has 1 atom stereocenters. The van der Waals surface area contributed by atoms with Crippen LogP contribution in [0.5, 0.6) is 0 Å². The van der Waals surface area contributed by atoms with E-state index in [1.165, 1.54) is 22.7 Å². The molecule has 0 radical (unpaired) electrons. The second kappa shape index (κ2) is 7.35. The van der Waals surface area contributed by atoms with Crippen molar-refractivity contribution in [1.29, 1.82) is 0 Å². The Kier molecular flexibility index (Phi) is 5.39. The van der Waals surface area contributed by atoms with Crippen molar-refractivity contribution in [2.24, 2.45) is 0 Å². The minimum absolute atomic E-state index is 0.116. The molecule has 1 aliphatic rings. The predicted molar refractivity (Wildman–Crippen MR) is 97.6 cm³/mol. The molecule has 1 aliphatic carbocycles. The van der Waals surface area contributed by atoms with Crippen LogP contribution in [-0.2, 0) is 15.1 Å². The van der Waals surface area contributed by atoms with Gasteiger partial charge in [0.1, 0.15) is 6.10 Å². The molecule has 2 aromatic heterocycles. The number of rotatable bonds is 5. The van der Waals surface area contributed by atoms with Crippen LogP contribution in [0, 0.1) is 6.92 Å². The van der Waals surface area contributed by atoms with Gasteiger partial charge in [-0.1, -0.05) is 6.07 Å². The SMILES string of the molecule is CNC1CCC(OC(=O)[C@@](O)(c2cccs2)c2ccc(C)s2)CC1. The zero-order chi connectivity index (χ0) is 17.2. The van der Waals surface area contributed by atoms with E-state index >= 15 is 0 Å². The second-order valence-corrected chi connectivity index (χ2v) is 8.50. The molecule has 0 saturated heterocycles. The first-order chi connectivity index (χ1) is 11.5. The Balaban J connectivity index is 1.80. The molecular weight excluding hydrogens is 342 g/mol. The quantitative estimate of drug-likeness (QED) is 0.797. The van der Waals surface area contributed by atoms with Crippen LogP contribution in [0.2, 0.25) is 0 Å². The molecule has 0 bridgehead atoms. The molecule has 3 rings (SSSR count). The van der Waals surface area contributed by atoms with Crippen molar-refractivity contribution < 1.29 is 14.6 Å². The van der Waals surface area contributed by atoms with Crippen molar-refractivity contribution in [1.82, 2.24) is 5.32 Å². The Bertz CT molecular complexity index is 674. The molecule has 2 heterocycles. The highest BCUT2D eigenvalue weighted by Crippen LogP contribution is 2.38. The maximum Gasteiger partial charge on any atom is 0.349 e. The van der Waals surface area contributed by atoms with Crippen LogP contribution in [0.15, 0.2) is 29.6 Å². The summed E-state index contributed by atoms with van der Waals surface area (Å²) in [7, 11) is 1.96. The Labute approximate surface area is 150 Å². The Morgan fingerprint density at radius 1 is 1.25 bits per heavy atom. The first kappa shape index (κ1) is 17.6. The molecular formula is C18H23NO3S2. The van der Waals surface area contributed by atoms with E-state index < -0.39 is 11.6 Å². The third kappa shape index (κ3) is 3.42. The van der Waals surface area contributed by atoms with E-state index in [4.69, 9.17) is 4.74 Å². The summed E-state index contributed by atoms with van der Waals surface area (Å²) in [6, 6.07) is 7.87. The van der Waals surface area contributed by atoms with Gasteiger partial charge in [0.05, 0.1) is 9.75 Å². The van der Waals surface area contributed by atoms with Crippen LogP contribution in [0.4, 0.5) is 0 Å². The lowest BCUT2D eigenvalue weighted by Crippen LogP contribution is -2.41. The monoisotopic (exact) mass is 365 g/mol. The van der Waals surface area contributed by atoms with Gasteiger partial charge in [0.25, 0.3) is 0 Å². The van der Waals surface area contributed by atoms with Gasteiger partial charge in [0, 0.05) is 10.9 Å². The van der Waals surface area contributed by atoms with Crippen LogP contribution in [-0.4, -0.2) is 30.3 Å². The van der Waals surface area contributed by atoms with Crippen LogP contribution in [0.1, 0.15) is 40.3 Å². The lowest BCUT2D eigenvalue weighted by Gasteiger charge is -2.31. The zero-order valence-corrected chi connectivity index (χ0v) is 15.6. The first-order valence-corrected chi connectivity index (χ1v) is 9.95. The van der Waals surface area contributed by atoms with Crippen molar-refractivity contribution in [2.75, 3.05) is 7.05 Å². The maximum absolute atomic E-state index is 12.9. The summed E-state index contributed by atoms with van der Waals surface area (Å²) in [6.07, 6.45) is 3.53. The van der Waals surface area contributed by atoms with Crippen molar-refractivity contribution in [2.45, 2.75) is 50.4 Å². The van der Waals surface area contributed by atoms with Crippen LogP contribution in [0.3, 0.4) is 0 Å². The maximum atomic E-state index is 12.9. The standard InChI is InChI=1S/C18H23NO3S2/c1-12-5-10-16(24-12)18(21,15-4-3-11-23-15)17(20)22-14-8-6-13(19-2)7-9-14/h3-5,10-11,13-14,19,21H,6-9H2,1-2H3/t13?,14?,18-/m1/s1. The topological polar surface area (TPSA) is 58.6 Å². The van der Waals surface area contributed by atoms with Gasteiger partial charge in [-0.05, 0) is 63.2 Å². The third-order valence-corrected chi connectivity index (χ3v) is 6.71. The van der Waals surface area contributed by atoms with E-state index in [9.17, 15) is 9.90 Å². The van der Waals surface area contributed by atoms with Crippen LogP contribution in [0.25, 0.3) is 0 Å². The molecule has 1 fully saturated rings. The molecule has 6 heteroatoms. The van der Waals surface area contributed by atoms with E-state index in [0.717, 1.165) is 30.6 Å². The molecule has 2 aromatic rings. The summed E-state index contributed by atoms with van der Waals surface area (Å²) in [5, 5.41) is 16.4. The lowest BCUT2D eigenvalue weighted by molar-refractivity contribution is -0.169. The van der Waals surface area contributed by atoms with Gasteiger partial charge < -0.3 is 15.2 Å². The molecule has 0 spiro atoms. The van der Waals surface area contributed by atoms with E-state index in [-0.39, 0.29) is 6.10 Å². The van der Waals surface area contributed by atoms with E-state index in [2.05, 4.69) is 5.32 Å². The summed E-state index contributed by atoms with van der Waals surface area (Å²) in [5.41, 5.74) is -1.70. The highest BCUT2D eigenvalue weighted by atomic mass is 32.1. The van der Waals surface area contributed by atoms with E-state index in [1.54, 1.807) is 6.07 Å². The number of nitrogens with one attached hydrogen (secondary N) is 1. The van der Waals surface area contributed by atoms with Crippen molar-refractivity contribution in [3.8, 4) is 0 Å². The summed E-state index contributed by atoms with van der Waals surface area (Å²) in [4.78, 5) is 15.2. The average molecular weight is 366 g/mol. The van der Waals surface area contributed by atoms with Gasteiger partial charge in [-0.3, -0.25) is 0 Å². The molecule has 0 aliphatic heterocycles. The largest absolute Gasteiger partial charge is 0.460 e. The Morgan fingerprint density at radius 2 is 2.00 bits per heavy atom. The lowest BCUT2D eigenvalue weighted by atomic mass is 9.92. The number of aliphatic hydroxyl groups is 1. The fraction of sp³-hybridized carbons (Fsp3) is 0.500. The van der Waals surface area contributed by atoms with E-state index in [0.29, 0.717) is 15.8 Å². The van der Waals surface area contributed by atoms with Gasteiger partial charge >= 0.3 is 5.97 Å². The predicted octanol–water partition coefficient (Wildman–Crippen LogP) is 3.43. The minimum atomic E-state index is -1.70. The number of hydrogen-bond acceptors (Lipinski definition) is 6. The fourth-order valence-corrected chi connectivity index (χ4v) is 4.99. The van der Waals surface area contributed by atoms with Crippen molar-refractivity contribution >= 4 is 28.6 Å². The van der Waals surface area contributed by atoms with Crippen molar-refractivity contribution in [3.63, 3.8) is 0 Å². The molecule has 4 nitrogen and oxygen atoms in total. The van der Waals surface area contributed by atoms with Gasteiger partial charge in [-0.25, -0.2) is 4.79 Å².